The average Bonchev–Trinajstić information content (AvgIpc) is 2.76. The highest BCUT2D eigenvalue weighted by Crippen LogP contribution is 2.39. The summed E-state index contributed by atoms with van der Waals surface area (Å²) in [6, 6.07) is 2.68. The maximum Gasteiger partial charge on any atom is 0.216 e. The molecule has 0 bridgehead atoms. The summed E-state index contributed by atoms with van der Waals surface area (Å²) in [6.07, 6.45) is 1.83. The molecule has 0 atom stereocenters. The first-order chi connectivity index (χ1) is 9.86. The number of phenols is 2. The van der Waals surface area contributed by atoms with Crippen LogP contribution in [0.15, 0.2) is 24.8 Å². The van der Waals surface area contributed by atoms with E-state index < -0.39 is 11.5 Å². The Balaban J connectivity index is 2.61. The van der Waals surface area contributed by atoms with E-state index in [1.807, 2.05) is 0 Å². The number of hydrogen-bond acceptors (Lipinski definition) is 3. The highest BCUT2D eigenvalue weighted by atomic mass is 35.5. The summed E-state index contributed by atoms with van der Waals surface area (Å²) in [6.45, 7) is 3.55. The Morgan fingerprint density at radius 1 is 1.19 bits per heavy atom. The molecule has 0 saturated heterocycles. The van der Waals surface area contributed by atoms with Crippen molar-refractivity contribution in [3.8, 4) is 11.5 Å². The minimum atomic E-state index is -0.674. The number of rotatable bonds is 4. The zero-order valence-electron chi connectivity index (χ0n) is 10.6. The van der Waals surface area contributed by atoms with Crippen molar-refractivity contribution < 1.29 is 15.0 Å². The molecule has 1 aromatic carbocycles. The summed E-state index contributed by atoms with van der Waals surface area (Å²) in [5, 5.41) is 20.3. The van der Waals surface area contributed by atoms with Gasteiger partial charge in [0.05, 0.1) is 15.7 Å². The van der Waals surface area contributed by atoms with Crippen LogP contribution < -0.4 is 0 Å². The Kier molecular flexibility index (Phi) is 4.52. The molecular weight excluding hydrogens is 337 g/mol. The number of hydrogen-bond donors (Lipinski definition) is 3. The molecule has 0 unspecified atom stereocenters. The fourth-order valence-electron chi connectivity index (χ4n) is 1.87. The molecule has 1 aromatic heterocycles. The molecule has 0 aliphatic carbocycles. The molecule has 2 aromatic rings. The molecule has 0 aliphatic heterocycles. The number of carbonyl (C=O) groups excluding carboxylic acids is 1. The minimum absolute atomic E-state index is 0.0300. The van der Waals surface area contributed by atoms with Gasteiger partial charge in [0, 0.05) is 5.56 Å². The maximum atomic E-state index is 12.4. The Labute approximate surface area is 135 Å². The summed E-state index contributed by atoms with van der Waals surface area (Å²) in [4.78, 5) is 15.0. The molecule has 2 rings (SSSR count). The molecular formula is C14H10Cl3NO3. The Morgan fingerprint density at radius 3 is 2.38 bits per heavy atom. The number of carbonyl (C=O) groups is 1. The molecule has 0 spiro atoms. The first-order valence-electron chi connectivity index (χ1n) is 5.79. The fourth-order valence-corrected chi connectivity index (χ4v) is 2.41. The third-order valence-corrected chi connectivity index (χ3v) is 3.85. The molecule has 21 heavy (non-hydrogen) atoms. The van der Waals surface area contributed by atoms with Crippen LogP contribution in [0, 0.1) is 0 Å². The van der Waals surface area contributed by atoms with Crippen molar-refractivity contribution in [2.45, 2.75) is 6.42 Å². The number of aromatic amines is 1. The van der Waals surface area contributed by atoms with Crippen LogP contribution in [0.1, 0.15) is 21.6 Å². The fraction of sp³-hybridized carbons (Fsp3) is 0.0714. The van der Waals surface area contributed by atoms with Gasteiger partial charge in [-0.05, 0) is 18.6 Å². The van der Waals surface area contributed by atoms with Crippen LogP contribution in [0.5, 0.6) is 11.5 Å². The van der Waals surface area contributed by atoms with Crippen LogP contribution in [0.4, 0.5) is 0 Å². The first kappa shape index (κ1) is 15.8. The van der Waals surface area contributed by atoms with E-state index in [-0.39, 0.29) is 32.2 Å². The molecule has 3 N–H and O–H groups in total. The van der Waals surface area contributed by atoms with Crippen LogP contribution in [-0.4, -0.2) is 21.0 Å². The second-order valence-corrected chi connectivity index (χ2v) is 5.45. The second-order valence-electron chi connectivity index (χ2n) is 4.26. The van der Waals surface area contributed by atoms with Gasteiger partial charge in [0.25, 0.3) is 0 Å². The van der Waals surface area contributed by atoms with Crippen molar-refractivity contribution in [1.82, 2.24) is 4.98 Å². The zero-order chi connectivity index (χ0) is 15.7. The van der Waals surface area contributed by atoms with E-state index in [9.17, 15) is 15.0 Å². The normalized spacial score (nSPS) is 10.6. The third-order valence-electron chi connectivity index (χ3n) is 2.87. The molecule has 0 aliphatic rings. The van der Waals surface area contributed by atoms with E-state index in [0.717, 1.165) is 0 Å². The van der Waals surface area contributed by atoms with Gasteiger partial charge in [-0.1, -0.05) is 40.9 Å². The van der Waals surface area contributed by atoms with Crippen molar-refractivity contribution in [3.63, 3.8) is 0 Å². The zero-order valence-corrected chi connectivity index (χ0v) is 12.9. The van der Waals surface area contributed by atoms with E-state index in [4.69, 9.17) is 34.8 Å². The van der Waals surface area contributed by atoms with Crippen molar-refractivity contribution in [2.24, 2.45) is 0 Å². The number of ketones is 1. The van der Waals surface area contributed by atoms with Crippen LogP contribution in [-0.2, 0) is 6.42 Å². The molecule has 0 saturated carbocycles. The lowest BCUT2D eigenvalue weighted by atomic mass is 10.00. The van der Waals surface area contributed by atoms with Crippen molar-refractivity contribution in [2.75, 3.05) is 0 Å². The number of H-pyrrole nitrogens is 1. The van der Waals surface area contributed by atoms with Crippen LogP contribution >= 0.6 is 34.8 Å². The predicted octanol–water partition coefficient (Wildman–Crippen LogP) is 4.35. The summed E-state index contributed by atoms with van der Waals surface area (Å²) in [5.41, 5.74) is 0.0938. The lowest BCUT2D eigenvalue weighted by Crippen LogP contribution is -2.04. The van der Waals surface area contributed by atoms with Crippen molar-refractivity contribution in [1.29, 1.82) is 0 Å². The number of allylic oxidation sites excluding steroid dienone is 1. The Bertz CT molecular complexity index is 718. The van der Waals surface area contributed by atoms with Gasteiger partial charge in [0.2, 0.25) is 5.78 Å². The second kappa shape index (κ2) is 6.02. The topological polar surface area (TPSA) is 73.3 Å². The van der Waals surface area contributed by atoms with Gasteiger partial charge in [-0.2, -0.15) is 0 Å². The molecule has 0 fully saturated rings. The van der Waals surface area contributed by atoms with E-state index in [0.29, 0.717) is 12.0 Å². The van der Waals surface area contributed by atoms with Gasteiger partial charge in [0.1, 0.15) is 22.2 Å². The average molecular weight is 347 g/mol. The van der Waals surface area contributed by atoms with E-state index >= 15 is 0 Å². The van der Waals surface area contributed by atoms with Gasteiger partial charge >= 0.3 is 0 Å². The van der Waals surface area contributed by atoms with E-state index in [1.54, 1.807) is 6.08 Å². The van der Waals surface area contributed by atoms with E-state index in [1.165, 1.54) is 12.1 Å². The quantitative estimate of drug-likeness (QED) is 0.569. The van der Waals surface area contributed by atoms with Gasteiger partial charge in [-0.25, -0.2) is 0 Å². The Hall–Kier alpha value is -1.62. The molecule has 4 nitrogen and oxygen atoms in total. The number of phenolic OH excluding ortho intramolecular Hbond substituents is 2. The van der Waals surface area contributed by atoms with Crippen LogP contribution in [0.2, 0.25) is 15.2 Å². The highest BCUT2D eigenvalue weighted by molar-refractivity contribution is 6.42. The number of aromatic hydroxyl groups is 2. The Morgan fingerprint density at radius 2 is 1.86 bits per heavy atom. The van der Waals surface area contributed by atoms with Gasteiger partial charge in [-0.15, -0.1) is 6.58 Å². The summed E-state index contributed by atoms with van der Waals surface area (Å²) >= 11 is 17.4. The SMILES string of the molecule is C=CCc1cc(Cl)c(O)c(C(=O)c2cc(Cl)c(Cl)[nH]2)c1O. The summed E-state index contributed by atoms with van der Waals surface area (Å²) in [7, 11) is 0. The molecule has 0 amide bonds. The van der Waals surface area contributed by atoms with Gasteiger partial charge < -0.3 is 15.2 Å². The van der Waals surface area contributed by atoms with Crippen LogP contribution in [0.3, 0.4) is 0 Å². The largest absolute Gasteiger partial charge is 0.507 e. The van der Waals surface area contributed by atoms with Crippen LogP contribution in [0.25, 0.3) is 0 Å². The minimum Gasteiger partial charge on any atom is -0.507 e. The summed E-state index contributed by atoms with van der Waals surface area (Å²) in [5.74, 6) is -1.54. The van der Waals surface area contributed by atoms with Crippen molar-refractivity contribution >= 4 is 40.6 Å². The lowest BCUT2D eigenvalue weighted by molar-refractivity contribution is 0.102. The maximum absolute atomic E-state index is 12.4. The monoisotopic (exact) mass is 345 g/mol. The van der Waals surface area contributed by atoms with Gasteiger partial charge in [0.15, 0.2) is 0 Å². The first-order valence-corrected chi connectivity index (χ1v) is 6.93. The standard InChI is InChI=1S/C14H10Cl3NO3/c1-2-3-6-4-7(15)12(20)10(11(6)19)13(21)9-5-8(16)14(17)18-9/h2,4-5,18-20H,1,3H2. The molecule has 1 heterocycles. The third kappa shape index (κ3) is 2.88. The van der Waals surface area contributed by atoms with Crippen molar-refractivity contribution in [3.05, 3.63) is 56.8 Å². The highest BCUT2D eigenvalue weighted by Gasteiger charge is 2.25. The summed E-state index contributed by atoms with van der Waals surface area (Å²) < 4.78 is 0. The molecule has 7 heteroatoms. The number of aromatic nitrogens is 1. The van der Waals surface area contributed by atoms with E-state index in [2.05, 4.69) is 11.6 Å². The lowest BCUT2D eigenvalue weighted by Gasteiger charge is -2.11. The number of halogens is 3. The number of benzene rings is 1. The smallest absolute Gasteiger partial charge is 0.216 e. The number of nitrogens with one attached hydrogen (secondary N) is 1. The molecule has 0 radical (unpaired) electrons. The van der Waals surface area contributed by atoms with Gasteiger partial charge in [-0.3, -0.25) is 4.79 Å². The molecule has 110 valence electrons. The predicted molar refractivity (Wildman–Crippen MR) is 82.9 cm³/mol.